The van der Waals surface area contributed by atoms with E-state index in [0.717, 1.165) is 0 Å². The molecule has 1 nitrogen and oxygen atoms in total. The SMILES string of the molecule is CN(CC(F)(F)C(F)(F)F)CC(F)(F)C(F)(F)F. The van der Waals surface area contributed by atoms with Crippen molar-refractivity contribution in [1.29, 1.82) is 0 Å². The molecule has 11 heteroatoms. The van der Waals surface area contributed by atoms with Gasteiger partial charge in [0, 0.05) is 0 Å². The van der Waals surface area contributed by atoms with Crippen LogP contribution in [0.4, 0.5) is 43.9 Å². The Morgan fingerprint density at radius 3 is 1.00 bits per heavy atom. The second-order valence-electron chi connectivity index (χ2n) is 3.58. The van der Waals surface area contributed by atoms with E-state index in [2.05, 4.69) is 0 Å². The Morgan fingerprint density at radius 1 is 0.611 bits per heavy atom. The van der Waals surface area contributed by atoms with Gasteiger partial charge in [0.05, 0.1) is 13.1 Å². The highest BCUT2D eigenvalue weighted by molar-refractivity contribution is 4.84. The molecule has 0 bridgehead atoms. The third-order valence-electron chi connectivity index (χ3n) is 1.77. The van der Waals surface area contributed by atoms with E-state index in [-0.39, 0.29) is 0 Å². The standard InChI is InChI=1S/C7H7F10N/c1-18(2-4(8,9)6(12,13)14)3-5(10,11)7(15,16)17/h2-3H2,1H3. The highest BCUT2D eigenvalue weighted by atomic mass is 19.4. The number of alkyl halides is 10. The quantitative estimate of drug-likeness (QED) is 0.719. The molecule has 0 saturated heterocycles. The first-order chi connectivity index (χ1) is 7.60. The van der Waals surface area contributed by atoms with Gasteiger partial charge in [0.2, 0.25) is 0 Å². The predicted molar refractivity (Wildman–Crippen MR) is 39.5 cm³/mol. The average molecular weight is 295 g/mol. The minimum atomic E-state index is -6.02. The zero-order chi connectivity index (χ0) is 15.0. The van der Waals surface area contributed by atoms with Crippen molar-refractivity contribution in [3.63, 3.8) is 0 Å². The fourth-order valence-corrected chi connectivity index (χ4v) is 0.913. The summed E-state index contributed by atoms with van der Waals surface area (Å²) in [6.45, 7) is -4.58. The van der Waals surface area contributed by atoms with Crippen LogP contribution in [0.2, 0.25) is 0 Å². The van der Waals surface area contributed by atoms with Crippen LogP contribution in [0.15, 0.2) is 0 Å². The summed E-state index contributed by atoms with van der Waals surface area (Å²) in [7, 11) is 0.305. The van der Waals surface area contributed by atoms with E-state index in [4.69, 9.17) is 0 Å². The van der Waals surface area contributed by atoms with Crippen LogP contribution >= 0.6 is 0 Å². The van der Waals surface area contributed by atoms with Gasteiger partial charge in [-0.05, 0) is 7.05 Å². The normalized spacial score (nSPS) is 15.3. The van der Waals surface area contributed by atoms with Crippen molar-refractivity contribution < 1.29 is 43.9 Å². The highest BCUT2D eigenvalue weighted by Crippen LogP contribution is 2.38. The van der Waals surface area contributed by atoms with Gasteiger partial charge < -0.3 is 0 Å². The zero-order valence-electron chi connectivity index (χ0n) is 8.64. The van der Waals surface area contributed by atoms with E-state index < -0.39 is 42.2 Å². The van der Waals surface area contributed by atoms with E-state index in [1.165, 1.54) is 0 Å². The van der Waals surface area contributed by atoms with E-state index in [0.29, 0.717) is 7.05 Å². The molecule has 0 heterocycles. The van der Waals surface area contributed by atoms with Crippen LogP contribution in [0, 0.1) is 0 Å². The predicted octanol–water partition coefficient (Wildman–Crippen LogP) is 3.31. The lowest BCUT2D eigenvalue weighted by atomic mass is 10.2. The molecule has 0 fully saturated rings. The fraction of sp³-hybridized carbons (Fsp3) is 1.00. The first-order valence-corrected chi connectivity index (χ1v) is 4.18. The maximum Gasteiger partial charge on any atom is 0.454 e. The highest BCUT2D eigenvalue weighted by Gasteiger charge is 2.61. The minimum absolute atomic E-state index is 0.305. The van der Waals surface area contributed by atoms with E-state index in [9.17, 15) is 43.9 Å². The van der Waals surface area contributed by atoms with Crippen molar-refractivity contribution >= 4 is 0 Å². The van der Waals surface area contributed by atoms with Gasteiger partial charge in [-0.1, -0.05) is 0 Å². The summed E-state index contributed by atoms with van der Waals surface area (Å²) in [5.74, 6) is -10.7. The molecule has 0 rings (SSSR count). The van der Waals surface area contributed by atoms with Crippen molar-refractivity contribution in [3.05, 3.63) is 0 Å². The molecule has 0 aliphatic rings. The Kier molecular flexibility index (Phi) is 4.55. The lowest BCUT2D eigenvalue weighted by Gasteiger charge is -2.29. The molecule has 0 amide bonds. The molecule has 0 N–H and O–H groups in total. The van der Waals surface area contributed by atoms with Crippen molar-refractivity contribution in [2.45, 2.75) is 24.2 Å². The molecule has 0 atom stereocenters. The van der Waals surface area contributed by atoms with Crippen molar-refractivity contribution in [1.82, 2.24) is 4.90 Å². The number of hydrogen-bond acceptors (Lipinski definition) is 1. The van der Waals surface area contributed by atoms with Gasteiger partial charge in [-0.3, -0.25) is 4.90 Å². The Bertz CT molecular complexity index is 249. The van der Waals surface area contributed by atoms with Gasteiger partial charge in [-0.2, -0.15) is 43.9 Å². The minimum Gasteiger partial charge on any atom is -0.294 e. The van der Waals surface area contributed by atoms with E-state index in [1.807, 2.05) is 0 Å². The number of rotatable bonds is 4. The van der Waals surface area contributed by atoms with Gasteiger partial charge in [-0.15, -0.1) is 0 Å². The van der Waals surface area contributed by atoms with Gasteiger partial charge in [0.15, 0.2) is 0 Å². The number of hydrogen-bond donors (Lipinski definition) is 0. The van der Waals surface area contributed by atoms with Crippen LogP contribution in [0.3, 0.4) is 0 Å². The van der Waals surface area contributed by atoms with Gasteiger partial charge in [0.1, 0.15) is 0 Å². The van der Waals surface area contributed by atoms with E-state index in [1.54, 1.807) is 0 Å². The fourth-order valence-electron chi connectivity index (χ4n) is 0.913. The van der Waals surface area contributed by atoms with Crippen molar-refractivity contribution in [2.75, 3.05) is 20.1 Å². The Balaban J connectivity index is 4.69. The molecule has 0 aliphatic carbocycles. The summed E-state index contributed by atoms with van der Waals surface area (Å²) in [6, 6.07) is 0. The molecular formula is C7H7F10N. The van der Waals surface area contributed by atoms with E-state index >= 15 is 0 Å². The Hall–Kier alpha value is -0.740. The molecule has 0 radical (unpaired) electrons. The van der Waals surface area contributed by atoms with Crippen LogP contribution in [0.1, 0.15) is 0 Å². The molecule has 110 valence electrons. The molecule has 0 aromatic rings. The van der Waals surface area contributed by atoms with Crippen LogP contribution in [0.25, 0.3) is 0 Å². The van der Waals surface area contributed by atoms with Gasteiger partial charge >= 0.3 is 24.2 Å². The Labute approximate surface area is 94.3 Å². The topological polar surface area (TPSA) is 3.24 Å². The third-order valence-corrected chi connectivity index (χ3v) is 1.77. The number of halogens is 10. The summed E-state index contributed by atoms with van der Waals surface area (Å²) in [5.41, 5.74) is 0. The second kappa shape index (κ2) is 4.74. The summed E-state index contributed by atoms with van der Waals surface area (Å²) in [5, 5.41) is 0. The smallest absolute Gasteiger partial charge is 0.294 e. The lowest BCUT2D eigenvalue weighted by molar-refractivity contribution is -0.301. The molecule has 0 aromatic heterocycles. The van der Waals surface area contributed by atoms with Crippen molar-refractivity contribution in [2.24, 2.45) is 0 Å². The molecule has 0 aliphatic heterocycles. The van der Waals surface area contributed by atoms with Crippen LogP contribution < -0.4 is 0 Å². The monoisotopic (exact) mass is 295 g/mol. The average Bonchev–Trinajstić information content (AvgIpc) is 1.95. The van der Waals surface area contributed by atoms with Crippen molar-refractivity contribution in [3.8, 4) is 0 Å². The second-order valence-corrected chi connectivity index (χ2v) is 3.58. The molecule has 0 saturated carbocycles. The largest absolute Gasteiger partial charge is 0.454 e. The van der Waals surface area contributed by atoms with Crippen LogP contribution in [-0.4, -0.2) is 49.2 Å². The lowest BCUT2D eigenvalue weighted by Crippen LogP contribution is -2.51. The zero-order valence-corrected chi connectivity index (χ0v) is 8.64. The first-order valence-electron chi connectivity index (χ1n) is 4.18. The Morgan fingerprint density at radius 2 is 0.833 bits per heavy atom. The third kappa shape index (κ3) is 4.18. The van der Waals surface area contributed by atoms with Gasteiger partial charge in [-0.25, -0.2) is 0 Å². The number of nitrogens with zero attached hydrogens (tertiary/aromatic N) is 1. The van der Waals surface area contributed by atoms with Crippen LogP contribution in [-0.2, 0) is 0 Å². The summed E-state index contributed by atoms with van der Waals surface area (Å²) in [6.07, 6.45) is -12.0. The summed E-state index contributed by atoms with van der Waals surface area (Å²) in [4.78, 5) is -0.430. The maximum absolute atomic E-state index is 12.4. The van der Waals surface area contributed by atoms with Gasteiger partial charge in [0.25, 0.3) is 0 Å². The molecular weight excluding hydrogens is 288 g/mol. The maximum atomic E-state index is 12.4. The summed E-state index contributed by atoms with van der Waals surface area (Å²) >= 11 is 0. The molecule has 18 heavy (non-hydrogen) atoms. The first kappa shape index (κ1) is 17.3. The van der Waals surface area contributed by atoms with Crippen LogP contribution in [0.5, 0.6) is 0 Å². The molecule has 0 spiro atoms. The molecule has 0 unspecified atom stereocenters. The summed E-state index contributed by atoms with van der Waals surface area (Å²) < 4.78 is 119. The molecule has 0 aromatic carbocycles.